The Hall–Kier alpha value is -2.61. The molecule has 0 spiro atoms. The van der Waals surface area contributed by atoms with Gasteiger partial charge in [0.1, 0.15) is 10.4 Å². The number of nitrogens with zero attached hydrogens (tertiary/aromatic N) is 1. The maximum absolute atomic E-state index is 13.0. The summed E-state index contributed by atoms with van der Waals surface area (Å²) in [6.07, 6.45) is 3.63. The number of thioether (sulfide) groups is 1. The number of hydrogen-bond acceptors (Lipinski definition) is 4. The second-order valence-electron chi connectivity index (χ2n) is 6.52. The molecular weight excluding hydrogens is 428 g/mol. The molecule has 0 aliphatic carbocycles. The molecule has 1 amide bonds. The fourth-order valence-electron chi connectivity index (χ4n) is 3.26. The van der Waals surface area contributed by atoms with Gasteiger partial charge >= 0.3 is 5.97 Å². The van der Waals surface area contributed by atoms with E-state index in [4.69, 9.17) is 23.8 Å². The molecule has 1 atom stereocenters. The first-order valence-electron chi connectivity index (χ1n) is 8.74. The molecule has 8 heteroatoms. The number of carboxylic acid groups (broad SMARTS) is 1. The van der Waals surface area contributed by atoms with E-state index in [2.05, 4.69) is 4.98 Å². The van der Waals surface area contributed by atoms with E-state index >= 15 is 0 Å². The molecule has 2 aromatic carbocycles. The standard InChI is InChI=1S/C21H15ClN2O3S2/c22-14-7-5-12(6-8-14)9-18-19(25)24(21(28)29-18)17(20(26)27)10-13-11-23-16-4-2-1-3-15(13)16/h1-9,11,17,23H,10H2,(H,26,27)/b18-9-/t17-/m0/s1. The first-order chi connectivity index (χ1) is 13.9. The summed E-state index contributed by atoms with van der Waals surface area (Å²) in [6, 6.07) is 13.6. The van der Waals surface area contributed by atoms with Gasteiger partial charge in [-0.05, 0) is 35.4 Å². The number of rotatable bonds is 5. The number of carbonyl (C=O) groups excluding carboxylic acids is 1. The van der Waals surface area contributed by atoms with E-state index in [1.807, 2.05) is 24.3 Å². The Bertz CT molecular complexity index is 1150. The molecule has 0 saturated carbocycles. The zero-order valence-electron chi connectivity index (χ0n) is 15.0. The molecule has 0 unspecified atom stereocenters. The van der Waals surface area contributed by atoms with E-state index in [9.17, 15) is 14.7 Å². The van der Waals surface area contributed by atoms with E-state index in [1.54, 1.807) is 36.5 Å². The van der Waals surface area contributed by atoms with E-state index in [0.29, 0.717) is 9.93 Å². The lowest BCUT2D eigenvalue weighted by Crippen LogP contribution is -2.45. The van der Waals surface area contributed by atoms with Gasteiger partial charge in [0.2, 0.25) is 0 Å². The highest BCUT2D eigenvalue weighted by Gasteiger charge is 2.40. The minimum absolute atomic E-state index is 0.153. The number of benzene rings is 2. The number of aromatic nitrogens is 1. The van der Waals surface area contributed by atoms with Gasteiger partial charge in [0.25, 0.3) is 5.91 Å². The molecular formula is C21H15ClN2O3S2. The van der Waals surface area contributed by atoms with E-state index < -0.39 is 17.9 Å². The molecule has 0 radical (unpaired) electrons. The quantitative estimate of drug-likeness (QED) is 0.442. The predicted molar refractivity (Wildman–Crippen MR) is 120 cm³/mol. The van der Waals surface area contributed by atoms with Gasteiger partial charge in [0.15, 0.2) is 0 Å². The lowest BCUT2D eigenvalue weighted by molar-refractivity contribution is -0.145. The maximum Gasteiger partial charge on any atom is 0.327 e. The number of thiocarbonyl (C=S) groups is 1. The van der Waals surface area contributed by atoms with Crippen molar-refractivity contribution in [2.75, 3.05) is 0 Å². The Kier molecular flexibility index (Phi) is 5.45. The maximum atomic E-state index is 13.0. The molecule has 4 rings (SSSR count). The Morgan fingerprint density at radius 2 is 1.97 bits per heavy atom. The molecule has 5 nitrogen and oxygen atoms in total. The van der Waals surface area contributed by atoms with Crippen molar-refractivity contribution in [2.45, 2.75) is 12.5 Å². The molecule has 1 saturated heterocycles. The SMILES string of the molecule is O=C(O)[C@H](Cc1c[nH]c2ccccc12)N1C(=O)/C(=C/c2ccc(Cl)cc2)SC1=S. The number of carboxylic acids is 1. The zero-order chi connectivity index (χ0) is 20.5. The third kappa shape index (κ3) is 3.94. The molecule has 0 bridgehead atoms. The monoisotopic (exact) mass is 442 g/mol. The second-order valence-corrected chi connectivity index (χ2v) is 8.63. The summed E-state index contributed by atoms with van der Waals surface area (Å²) in [5.74, 6) is -1.50. The average Bonchev–Trinajstić information content (AvgIpc) is 3.22. The summed E-state index contributed by atoms with van der Waals surface area (Å²) in [6.45, 7) is 0. The molecule has 1 aliphatic heterocycles. The Morgan fingerprint density at radius 3 is 2.69 bits per heavy atom. The van der Waals surface area contributed by atoms with Gasteiger partial charge in [0, 0.05) is 28.5 Å². The lowest BCUT2D eigenvalue weighted by Gasteiger charge is -2.23. The van der Waals surface area contributed by atoms with Crippen molar-refractivity contribution in [1.29, 1.82) is 0 Å². The molecule has 2 heterocycles. The summed E-state index contributed by atoms with van der Waals surface area (Å²) >= 11 is 12.4. The smallest absolute Gasteiger partial charge is 0.327 e. The van der Waals surface area contributed by atoms with Gasteiger partial charge in [0.05, 0.1) is 4.91 Å². The fourth-order valence-corrected chi connectivity index (χ4v) is 4.74. The third-order valence-corrected chi connectivity index (χ3v) is 6.26. The summed E-state index contributed by atoms with van der Waals surface area (Å²) in [5, 5.41) is 11.4. The minimum atomic E-state index is -1.10. The first-order valence-corrected chi connectivity index (χ1v) is 10.3. The highest BCUT2D eigenvalue weighted by Crippen LogP contribution is 2.35. The van der Waals surface area contributed by atoms with Gasteiger partial charge in [-0.3, -0.25) is 9.69 Å². The number of H-pyrrole nitrogens is 1. The van der Waals surface area contributed by atoms with Gasteiger partial charge < -0.3 is 10.1 Å². The van der Waals surface area contributed by atoms with Crippen LogP contribution in [0.1, 0.15) is 11.1 Å². The number of aromatic amines is 1. The predicted octanol–water partition coefficient (Wildman–Crippen LogP) is 4.72. The van der Waals surface area contributed by atoms with Crippen molar-refractivity contribution in [3.8, 4) is 0 Å². The molecule has 1 fully saturated rings. The zero-order valence-corrected chi connectivity index (χ0v) is 17.4. The number of fused-ring (bicyclic) bond motifs is 1. The molecule has 2 N–H and O–H groups in total. The number of carbonyl (C=O) groups is 2. The number of para-hydroxylation sites is 1. The number of halogens is 1. The van der Waals surface area contributed by atoms with Crippen LogP contribution < -0.4 is 0 Å². The number of aliphatic carboxylic acids is 1. The fraction of sp³-hybridized carbons (Fsp3) is 0.0952. The van der Waals surface area contributed by atoms with Crippen molar-refractivity contribution >= 4 is 68.8 Å². The number of hydrogen-bond donors (Lipinski definition) is 2. The topological polar surface area (TPSA) is 73.4 Å². The van der Waals surface area contributed by atoms with Gasteiger partial charge in [-0.1, -0.05) is 65.9 Å². The van der Waals surface area contributed by atoms with Gasteiger partial charge in [-0.15, -0.1) is 0 Å². The van der Waals surface area contributed by atoms with Crippen LogP contribution >= 0.6 is 35.6 Å². The van der Waals surface area contributed by atoms with Crippen LogP contribution in [0.4, 0.5) is 0 Å². The van der Waals surface area contributed by atoms with Crippen LogP contribution in [0.5, 0.6) is 0 Å². The number of nitrogens with one attached hydrogen (secondary N) is 1. The Morgan fingerprint density at radius 1 is 1.24 bits per heavy atom. The summed E-state index contributed by atoms with van der Waals surface area (Å²) in [5.41, 5.74) is 2.53. The highest BCUT2D eigenvalue weighted by atomic mass is 35.5. The average molecular weight is 443 g/mol. The van der Waals surface area contributed by atoms with E-state index in [0.717, 1.165) is 33.8 Å². The lowest BCUT2D eigenvalue weighted by atomic mass is 10.0. The van der Waals surface area contributed by atoms with Gasteiger partial charge in [-0.25, -0.2) is 4.79 Å². The molecule has 1 aliphatic rings. The van der Waals surface area contributed by atoms with Crippen LogP contribution in [-0.4, -0.2) is 37.2 Å². The minimum Gasteiger partial charge on any atom is -0.480 e. The van der Waals surface area contributed by atoms with Crippen LogP contribution in [0, 0.1) is 0 Å². The van der Waals surface area contributed by atoms with Crippen molar-refractivity contribution < 1.29 is 14.7 Å². The summed E-state index contributed by atoms with van der Waals surface area (Å²) in [4.78, 5) is 29.7. The molecule has 1 aromatic heterocycles. The summed E-state index contributed by atoms with van der Waals surface area (Å²) in [7, 11) is 0. The van der Waals surface area contributed by atoms with Crippen LogP contribution in [0.2, 0.25) is 5.02 Å². The normalized spacial score (nSPS) is 16.7. The van der Waals surface area contributed by atoms with E-state index in [1.165, 1.54) is 4.90 Å². The van der Waals surface area contributed by atoms with Crippen LogP contribution in [0.3, 0.4) is 0 Å². The second kappa shape index (κ2) is 8.02. The highest BCUT2D eigenvalue weighted by molar-refractivity contribution is 8.26. The third-order valence-electron chi connectivity index (χ3n) is 4.68. The number of amides is 1. The Balaban J connectivity index is 1.63. The van der Waals surface area contributed by atoms with Crippen molar-refractivity contribution in [3.05, 3.63) is 75.8 Å². The van der Waals surface area contributed by atoms with Crippen LogP contribution in [0.25, 0.3) is 17.0 Å². The van der Waals surface area contributed by atoms with E-state index in [-0.39, 0.29) is 10.7 Å². The molecule has 3 aromatic rings. The van der Waals surface area contributed by atoms with Crippen LogP contribution in [-0.2, 0) is 16.0 Å². The first kappa shape index (κ1) is 19.7. The summed E-state index contributed by atoms with van der Waals surface area (Å²) < 4.78 is 0.238. The van der Waals surface area contributed by atoms with Crippen LogP contribution in [0.15, 0.2) is 59.6 Å². The van der Waals surface area contributed by atoms with Gasteiger partial charge in [-0.2, -0.15) is 0 Å². The molecule has 29 heavy (non-hydrogen) atoms. The molecule has 146 valence electrons. The largest absolute Gasteiger partial charge is 0.480 e. The van der Waals surface area contributed by atoms with Crippen molar-refractivity contribution in [1.82, 2.24) is 9.88 Å². The van der Waals surface area contributed by atoms with Crippen molar-refractivity contribution in [2.24, 2.45) is 0 Å². The van der Waals surface area contributed by atoms with Crippen molar-refractivity contribution in [3.63, 3.8) is 0 Å². The Labute approximate surface area is 181 Å².